The van der Waals surface area contributed by atoms with Gasteiger partial charge in [0.1, 0.15) is 0 Å². The van der Waals surface area contributed by atoms with Crippen LogP contribution in [0.2, 0.25) is 0 Å². The van der Waals surface area contributed by atoms with Gasteiger partial charge in [0.2, 0.25) is 0 Å². The first kappa shape index (κ1) is 22.5. The number of hydrogen-bond acceptors (Lipinski definition) is 6. The van der Waals surface area contributed by atoms with Crippen molar-refractivity contribution in [3.8, 4) is 5.69 Å². The summed E-state index contributed by atoms with van der Waals surface area (Å²) >= 11 is 0. The molecule has 1 amide bonds. The summed E-state index contributed by atoms with van der Waals surface area (Å²) in [6, 6.07) is 5.58. The number of anilines is 1. The first-order valence-corrected chi connectivity index (χ1v) is 11.4. The number of carbonyl (C=O) groups is 2. The van der Waals surface area contributed by atoms with Gasteiger partial charge in [-0.25, -0.2) is 4.68 Å². The van der Waals surface area contributed by atoms with Gasteiger partial charge in [0, 0.05) is 24.6 Å². The van der Waals surface area contributed by atoms with Crippen LogP contribution in [0.5, 0.6) is 0 Å². The Morgan fingerprint density at radius 3 is 2.62 bits per heavy atom. The third kappa shape index (κ3) is 4.42. The van der Waals surface area contributed by atoms with Crippen LogP contribution >= 0.6 is 0 Å². The Kier molecular flexibility index (Phi) is 6.09. The van der Waals surface area contributed by atoms with Gasteiger partial charge in [-0.15, -0.1) is 0 Å². The number of benzene rings is 1. The van der Waals surface area contributed by atoms with Crippen molar-refractivity contribution >= 4 is 17.4 Å². The topological polar surface area (TPSA) is 136 Å². The average molecular weight is 440 g/mol. The fourth-order valence-corrected chi connectivity index (χ4v) is 4.99. The number of aliphatic hydroxyl groups excluding tert-OH is 1. The molecule has 172 valence electrons. The largest absolute Gasteiger partial charge is 0.393 e. The summed E-state index contributed by atoms with van der Waals surface area (Å²) in [6.07, 6.45) is 4.61. The molecule has 2 aliphatic carbocycles. The number of hydrogen-bond donors (Lipinski definition) is 4. The number of rotatable bonds is 6. The number of aromatic nitrogens is 2. The number of nitrogens with two attached hydrogens (primary N) is 2. The van der Waals surface area contributed by atoms with Gasteiger partial charge in [0.05, 0.1) is 34.3 Å². The van der Waals surface area contributed by atoms with E-state index >= 15 is 0 Å². The van der Waals surface area contributed by atoms with Crippen LogP contribution in [0.25, 0.3) is 5.69 Å². The molecule has 0 radical (unpaired) electrons. The number of carbonyl (C=O) groups excluding carboxylic acids is 2. The van der Waals surface area contributed by atoms with Crippen molar-refractivity contribution in [1.29, 1.82) is 0 Å². The number of aliphatic hydroxyl groups is 1. The van der Waals surface area contributed by atoms with Gasteiger partial charge in [0.25, 0.3) is 5.91 Å². The van der Waals surface area contributed by atoms with Gasteiger partial charge in [-0.1, -0.05) is 13.8 Å². The predicted octanol–water partition coefficient (Wildman–Crippen LogP) is 2.34. The second kappa shape index (κ2) is 8.67. The van der Waals surface area contributed by atoms with Crippen molar-refractivity contribution in [2.75, 3.05) is 11.9 Å². The molecule has 2 aromatic rings. The maximum absolute atomic E-state index is 13.0. The van der Waals surface area contributed by atoms with E-state index in [0.717, 1.165) is 49.2 Å². The summed E-state index contributed by atoms with van der Waals surface area (Å²) in [5, 5.41) is 18.0. The van der Waals surface area contributed by atoms with E-state index in [9.17, 15) is 14.7 Å². The highest BCUT2D eigenvalue weighted by molar-refractivity contribution is 6.00. The van der Waals surface area contributed by atoms with E-state index in [0.29, 0.717) is 36.2 Å². The highest BCUT2D eigenvalue weighted by atomic mass is 16.3. The van der Waals surface area contributed by atoms with Gasteiger partial charge in [0.15, 0.2) is 5.78 Å². The molecule has 8 heteroatoms. The van der Waals surface area contributed by atoms with Crippen LogP contribution in [-0.2, 0) is 12.8 Å². The van der Waals surface area contributed by atoms with E-state index in [-0.39, 0.29) is 23.3 Å². The van der Waals surface area contributed by atoms with E-state index in [2.05, 4.69) is 19.2 Å². The van der Waals surface area contributed by atoms with E-state index in [1.165, 1.54) is 0 Å². The van der Waals surface area contributed by atoms with Gasteiger partial charge >= 0.3 is 0 Å². The summed E-state index contributed by atoms with van der Waals surface area (Å²) < 4.78 is 1.83. The number of primary amides is 1. The molecule has 0 unspecified atom stereocenters. The smallest absolute Gasteiger partial charge is 0.250 e. The number of nitrogens with zero attached hydrogens (tertiary/aromatic N) is 2. The first-order chi connectivity index (χ1) is 15.2. The number of nitrogens with one attached hydrogen (secondary N) is 1. The number of fused-ring (bicyclic) bond motifs is 1. The molecule has 0 spiro atoms. The van der Waals surface area contributed by atoms with E-state index in [1.54, 1.807) is 6.07 Å². The minimum absolute atomic E-state index is 0.110. The molecule has 1 aromatic carbocycles. The Morgan fingerprint density at radius 2 is 1.97 bits per heavy atom. The zero-order chi connectivity index (χ0) is 23.0. The van der Waals surface area contributed by atoms with Gasteiger partial charge < -0.3 is 21.9 Å². The molecular weight excluding hydrogens is 406 g/mol. The number of Topliss-reactive ketones (excluding diaryl/α,β-unsaturated/α-hetero) is 1. The lowest BCUT2D eigenvalue weighted by molar-refractivity contribution is 0.0909. The molecule has 32 heavy (non-hydrogen) atoms. The van der Waals surface area contributed by atoms with Crippen molar-refractivity contribution in [3.63, 3.8) is 0 Å². The minimum atomic E-state index is -0.502. The molecule has 1 heterocycles. The Bertz CT molecular complexity index is 1030. The lowest BCUT2D eigenvalue weighted by Crippen LogP contribution is -2.29. The molecule has 8 nitrogen and oxygen atoms in total. The molecule has 1 aromatic heterocycles. The monoisotopic (exact) mass is 439 g/mol. The molecular formula is C24H33N5O3. The van der Waals surface area contributed by atoms with Gasteiger partial charge in [-0.3, -0.25) is 9.59 Å². The van der Waals surface area contributed by atoms with Crippen LogP contribution < -0.4 is 16.8 Å². The Labute approximate surface area is 188 Å². The maximum Gasteiger partial charge on any atom is 0.250 e. The van der Waals surface area contributed by atoms with E-state index in [1.807, 2.05) is 16.8 Å². The van der Waals surface area contributed by atoms with Crippen LogP contribution in [0.15, 0.2) is 18.2 Å². The standard InChI is InChI=1S/C24H33N5O3/c1-24(2)12-20-22(21(31)13-24)18(9-10-25)28-29(20)15-5-8-17(23(26)32)19(11-15)27-14-3-6-16(30)7-4-14/h5,8,11,14,16,27,30H,3-4,6-7,9-10,12-13,25H2,1-2H3,(H2,26,32)/t14-,16-. The summed E-state index contributed by atoms with van der Waals surface area (Å²) in [6.45, 7) is 4.60. The lowest BCUT2D eigenvalue weighted by atomic mass is 9.75. The van der Waals surface area contributed by atoms with Gasteiger partial charge in [-0.2, -0.15) is 5.10 Å². The fraction of sp³-hybridized carbons (Fsp3) is 0.542. The average Bonchev–Trinajstić information content (AvgIpc) is 3.07. The van der Waals surface area contributed by atoms with E-state index in [4.69, 9.17) is 16.6 Å². The zero-order valence-corrected chi connectivity index (χ0v) is 18.9. The highest BCUT2D eigenvalue weighted by Gasteiger charge is 2.36. The molecule has 0 atom stereocenters. The molecule has 2 aliphatic rings. The third-order valence-corrected chi connectivity index (χ3v) is 6.57. The van der Waals surface area contributed by atoms with Crippen LogP contribution in [-0.4, -0.2) is 45.3 Å². The lowest BCUT2D eigenvalue weighted by Gasteiger charge is -2.29. The normalized spacial score (nSPS) is 22.4. The minimum Gasteiger partial charge on any atom is -0.393 e. The molecule has 1 saturated carbocycles. The van der Waals surface area contributed by atoms with Crippen molar-refractivity contribution < 1.29 is 14.7 Å². The van der Waals surface area contributed by atoms with Crippen LogP contribution in [0.1, 0.15) is 78.1 Å². The van der Waals surface area contributed by atoms with Crippen LogP contribution in [0.4, 0.5) is 5.69 Å². The molecule has 0 bridgehead atoms. The molecule has 0 aliphatic heterocycles. The second-order valence-corrected chi connectivity index (χ2v) is 9.90. The summed E-state index contributed by atoms with van der Waals surface area (Å²) in [7, 11) is 0. The number of amides is 1. The van der Waals surface area contributed by atoms with Crippen molar-refractivity contribution in [2.24, 2.45) is 16.9 Å². The summed E-state index contributed by atoms with van der Waals surface area (Å²) in [5.41, 5.74) is 15.5. The number of ketones is 1. The third-order valence-electron chi connectivity index (χ3n) is 6.57. The molecule has 0 saturated heterocycles. The maximum atomic E-state index is 13.0. The Hall–Kier alpha value is -2.71. The first-order valence-electron chi connectivity index (χ1n) is 11.4. The molecule has 4 rings (SSSR count). The van der Waals surface area contributed by atoms with Crippen molar-refractivity contribution in [1.82, 2.24) is 9.78 Å². The quantitative estimate of drug-likeness (QED) is 0.545. The second-order valence-electron chi connectivity index (χ2n) is 9.90. The zero-order valence-electron chi connectivity index (χ0n) is 18.9. The van der Waals surface area contributed by atoms with Crippen molar-refractivity contribution in [2.45, 2.75) is 70.9 Å². The van der Waals surface area contributed by atoms with Crippen LogP contribution in [0.3, 0.4) is 0 Å². The summed E-state index contributed by atoms with van der Waals surface area (Å²) in [5.74, 6) is -0.392. The molecule has 1 fully saturated rings. The molecule has 6 N–H and O–H groups in total. The van der Waals surface area contributed by atoms with Crippen LogP contribution in [0, 0.1) is 5.41 Å². The summed E-state index contributed by atoms with van der Waals surface area (Å²) in [4.78, 5) is 25.0. The van der Waals surface area contributed by atoms with E-state index < -0.39 is 5.91 Å². The van der Waals surface area contributed by atoms with Gasteiger partial charge in [-0.05, 0) is 62.3 Å². The Balaban J connectivity index is 1.76. The Morgan fingerprint density at radius 1 is 1.25 bits per heavy atom. The predicted molar refractivity (Wildman–Crippen MR) is 123 cm³/mol. The highest BCUT2D eigenvalue weighted by Crippen LogP contribution is 2.38. The SMILES string of the molecule is CC1(C)CC(=O)c2c(CCN)nn(-c3ccc(C(N)=O)c(N[C@H]4CC[C@H](O)CC4)c3)c2C1. The fourth-order valence-electron chi connectivity index (χ4n) is 4.99. The van der Waals surface area contributed by atoms with Crippen molar-refractivity contribution in [3.05, 3.63) is 40.7 Å².